The van der Waals surface area contributed by atoms with E-state index < -0.39 is 10.9 Å². The lowest BCUT2D eigenvalue weighted by atomic mass is 9.46. The molecule has 2 aromatic rings. The van der Waals surface area contributed by atoms with Gasteiger partial charge in [-0.15, -0.1) is 0 Å². The Balaban J connectivity index is 1.42. The van der Waals surface area contributed by atoms with Gasteiger partial charge >= 0.3 is 11.8 Å². The van der Waals surface area contributed by atoms with Crippen molar-refractivity contribution in [1.29, 1.82) is 0 Å². The summed E-state index contributed by atoms with van der Waals surface area (Å²) in [6, 6.07) is 0. The Kier molecular flexibility index (Phi) is 5.23. The summed E-state index contributed by atoms with van der Waals surface area (Å²) in [7, 11) is 2.89. The van der Waals surface area contributed by atoms with Crippen LogP contribution in [0.25, 0.3) is 0 Å². The number of nitrogens with one attached hydrogen (secondary N) is 1. The van der Waals surface area contributed by atoms with Gasteiger partial charge in [-0.25, -0.2) is 4.79 Å². The number of carbonyl (C=O) groups excluding carboxylic acids is 2. The summed E-state index contributed by atoms with van der Waals surface area (Å²) < 4.78 is 7.97. The van der Waals surface area contributed by atoms with Gasteiger partial charge in [0.25, 0.3) is 0 Å². The molecule has 2 atom stereocenters. The van der Waals surface area contributed by atoms with Crippen LogP contribution in [0, 0.1) is 34.3 Å². The van der Waals surface area contributed by atoms with Gasteiger partial charge in [-0.1, -0.05) is 11.6 Å². The average Bonchev–Trinajstić information content (AvgIpc) is 3.25. The van der Waals surface area contributed by atoms with Crippen molar-refractivity contribution in [2.45, 2.75) is 57.4 Å². The average molecular weight is 491 g/mol. The Labute approximate surface area is 200 Å². The molecule has 4 bridgehead atoms. The number of hydrogen-bond acceptors (Lipinski definition) is 7. The number of carbonyl (C=O) groups is 2. The summed E-state index contributed by atoms with van der Waals surface area (Å²) in [6.45, 7) is 1.77. The van der Waals surface area contributed by atoms with Gasteiger partial charge in [-0.05, 0) is 67.6 Å². The van der Waals surface area contributed by atoms with Crippen molar-refractivity contribution in [3.63, 3.8) is 0 Å². The topological polar surface area (TPSA) is 134 Å². The lowest BCUT2D eigenvalue weighted by Gasteiger charge is -2.61. The summed E-state index contributed by atoms with van der Waals surface area (Å²) in [4.78, 5) is 36.2. The number of nitrogens with zero attached hydrogens (tertiary/aromatic N) is 5. The van der Waals surface area contributed by atoms with Gasteiger partial charge in [0, 0.05) is 13.5 Å². The van der Waals surface area contributed by atoms with Gasteiger partial charge in [0.05, 0.1) is 35.3 Å². The van der Waals surface area contributed by atoms with Crippen molar-refractivity contribution in [2.75, 3.05) is 12.4 Å². The number of amides is 1. The maximum absolute atomic E-state index is 13.2. The quantitative estimate of drug-likeness (QED) is 0.371. The smallest absolute Gasteiger partial charge is 0.408 e. The molecule has 2 aromatic heterocycles. The van der Waals surface area contributed by atoms with Crippen LogP contribution < -0.4 is 5.32 Å². The number of aryl methyl sites for hydroxylation is 1. The molecule has 4 aliphatic carbocycles. The summed E-state index contributed by atoms with van der Waals surface area (Å²) in [6.07, 6.45) is 7.21. The Hall–Kier alpha value is -2.95. The summed E-state index contributed by atoms with van der Waals surface area (Å²) in [5.41, 5.74) is 0.503. The van der Waals surface area contributed by atoms with Gasteiger partial charge in [-0.3, -0.25) is 9.48 Å². The lowest BCUT2D eigenvalue weighted by Crippen LogP contribution is -2.57. The van der Waals surface area contributed by atoms with E-state index in [0.29, 0.717) is 36.1 Å². The van der Waals surface area contributed by atoms with Crippen LogP contribution in [-0.4, -0.2) is 43.5 Å². The molecule has 182 valence electrons. The molecule has 1 amide bonds. The maximum Gasteiger partial charge on any atom is 0.408 e. The molecule has 11 nitrogen and oxygen atoms in total. The van der Waals surface area contributed by atoms with E-state index in [1.807, 2.05) is 0 Å². The number of aromatic nitrogens is 4. The minimum Gasteiger partial charge on any atom is -0.464 e. The molecule has 34 heavy (non-hydrogen) atoms. The Morgan fingerprint density at radius 1 is 1.32 bits per heavy atom. The van der Waals surface area contributed by atoms with E-state index in [0.717, 1.165) is 32.1 Å². The van der Waals surface area contributed by atoms with Gasteiger partial charge in [0.1, 0.15) is 0 Å². The predicted molar refractivity (Wildman–Crippen MR) is 122 cm³/mol. The highest BCUT2D eigenvalue weighted by Crippen LogP contribution is 2.65. The number of rotatable bonds is 6. The zero-order chi connectivity index (χ0) is 24.4. The summed E-state index contributed by atoms with van der Waals surface area (Å²) in [5, 5.41) is 22.8. The molecule has 1 N–H and O–H groups in total. The third-order valence-electron chi connectivity index (χ3n) is 7.93. The second kappa shape index (κ2) is 7.79. The van der Waals surface area contributed by atoms with E-state index in [9.17, 15) is 19.7 Å². The van der Waals surface area contributed by atoms with Gasteiger partial charge in [0.2, 0.25) is 5.91 Å². The number of nitro groups is 1. The lowest BCUT2D eigenvalue weighted by molar-refractivity contribution is -0.389. The molecular weight excluding hydrogens is 464 g/mol. The second-order valence-electron chi connectivity index (χ2n) is 10.3. The molecule has 0 aromatic carbocycles. The van der Waals surface area contributed by atoms with Crippen LogP contribution in [0.4, 0.5) is 11.5 Å². The zero-order valence-electron chi connectivity index (χ0n) is 19.3. The van der Waals surface area contributed by atoms with Crippen molar-refractivity contribution >= 4 is 35.0 Å². The molecule has 6 rings (SSSR count). The fourth-order valence-electron chi connectivity index (χ4n) is 7.31. The Bertz CT molecular complexity index is 1190. The van der Waals surface area contributed by atoms with E-state index >= 15 is 0 Å². The van der Waals surface area contributed by atoms with E-state index in [2.05, 4.69) is 15.5 Å². The largest absolute Gasteiger partial charge is 0.464 e. The van der Waals surface area contributed by atoms with Gasteiger partial charge < -0.3 is 20.2 Å². The fourth-order valence-corrected chi connectivity index (χ4v) is 7.49. The van der Waals surface area contributed by atoms with Crippen molar-refractivity contribution in [3.8, 4) is 0 Å². The van der Waals surface area contributed by atoms with Crippen LogP contribution >= 0.6 is 11.6 Å². The third kappa shape index (κ3) is 3.48. The summed E-state index contributed by atoms with van der Waals surface area (Å²) >= 11 is 6.28. The number of esters is 1. The monoisotopic (exact) mass is 490 g/mol. The van der Waals surface area contributed by atoms with Crippen molar-refractivity contribution < 1.29 is 19.2 Å². The molecule has 0 saturated heterocycles. The molecule has 4 saturated carbocycles. The van der Waals surface area contributed by atoms with Crippen LogP contribution in [0.15, 0.2) is 6.20 Å². The Morgan fingerprint density at radius 3 is 2.59 bits per heavy atom. The molecule has 0 aliphatic heterocycles. The molecule has 4 fully saturated rings. The first-order valence-electron chi connectivity index (χ1n) is 11.4. The first kappa shape index (κ1) is 22.8. The second-order valence-corrected chi connectivity index (χ2v) is 10.7. The molecule has 4 aliphatic rings. The molecule has 0 spiro atoms. The van der Waals surface area contributed by atoms with E-state index in [1.54, 1.807) is 18.7 Å². The number of halogens is 1. The SMILES string of the molecule is COC(=O)c1c(NC(=O)CC23CC4CC(C2)CC(n2nc([N+](=O)[O-])c(Cl)c2C)(C4)C3)cnn1C. The van der Waals surface area contributed by atoms with Crippen LogP contribution in [0.5, 0.6) is 0 Å². The third-order valence-corrected chi connectivity index (χ3v) is 8.37. The van der Waals surface area contributed by atoms with E-state index in [1.165, 1.54) is 18.0 Å². The molecule has 12 heteroatoms. The van der Waals surface area contributed by atoms with Gasteiger partial charge in [0.15, 0.2) is 10.7 Å². The highest BCUT2D eigenvalue weighted by Gasteiger charge is 2.61. The van der Waals surface area contributed by atoms with Gasteiger partial charge in [-0.2, -0.15) is 9.78 Å². The number of ether oxygens (including phenoxy) is 1. The fraction of sp³-hybridized carbons (Fsp3) is 0.636. The molecule has 2 heterocycles. The number of methoxy groups -OCH3 is 1. The standard InChI is InChI=1S/C22H27ClN6O5/c1-12-17(23)19(29(32)33)26-28(12)22-7-13-4-14(8-22)6-21(5-13,11-22)9-16(30)25-15-10-24-27(2)18(15)20(31)34-3/h10,13-14H,4-9,11H2,1-3H3,(H,25,30). The normalized spacial score (nSPS) is 29.3. The maximum atomic E-state index is 13.2. The highest BCUT2D eigenvalue weighted by atomic mass is 35.5. The molecule has 0 radical (unpaired) electrons. The van der Waals surface area contributed by atoms with E-state index in [-0.39, 0.29) is 33.4 Å². The molecular formula is C22H27ClN6O5. The number of hydrogen-bond donors (Lipinski definition) is 1. The van der Waals surface area contributed by atoms with E-state index in [4.69, 9.17) is 16.3 Å². The molecule has 2 unspecified atom stereocenters. The minimum absolute atomic E-state index is 0.0828. The van der Waals surface area contributed by atoms with Crippen LogP contribution in [0.2, 0.25) is 5.02 Å². The first-order valence-corrected chi connectivity index (χ1v) is 11.7. The van der Waals surface area contributed by atoms with Crippen LogP contribution in [0.1, 0.15) is 61.1 Å². The van der Waals surface area contributed by atoms with Crippen LogP contribution in [0.3, 0.4) is 0 Å². The Morgan fingerprint density at radius 2 is 2.00 bits per heavy atom. The van der Waals surface area contributed by atoms with Crippen molar-refractivity contribution in [2.24, 2.45) is 24.3 Å². The van der Waals surface area contributed by atoms with Crippen molar-refractivity contribution in [1.82, 2.24) is 19.6 Å². The predicted octanol–water partition coefficient (Wildman–Crippen LogP) is 3.60. The highest BCUT2D eigenvalue weighted by molar-refractivity contribution is 6.33. The first-order chi connectivity index (χ1) is 16.1. The van der Waals surface area contributed by atoms with Crippen LogP contribution in [-0.2, 0) is 22.1 Å². The summed E-state index contributed by atoms with van der Waals surface area (Å²) in [5.74, 6) is -0.208. The number of anilines is 1. The van der Waals surface area contributed by atoms with Crippen molar-refractivity contribution in [3.05, 3.63) is 32.7 Å². The zero-order valence-corrected chi connectivity index (χ0v) is 20.1. The minimum atomic E-state index is -0.573.